The Morgan fingerprint density at radius 2 is 1.94 bits per heavy atom. The maximum atomic E-state index is 11.9. The number of hydrogen-bond donors (Lipinski definition) is 2. The van der Waals surface area contributed by atoms with Crippen LogP contribution in [0.2, 0.25) is 0 Å². The summed E-state index contributed by atoms with van der Waals surface area (Å²) in [6.07, 6.45) is 0. The Labute approximate surface area is 108 Å². The van der Waals surface area contributed by atoms with Crippen molar-refractivity contribution in [2.24, 2.45) is 5.41 Å². The average molecular weight is 251 g/mol. The van der Waals surface area contributed by atoms with Crippen LogP contribution in [0.15, 0.2) is 24.3 Å². The minimum atomic E-state index is -0.300. The molecule has 0 aliphatic rings. The third kappa shape index (κ3) is 4.47. The molecule has 0 fully saturated rings. The summed E-state index contributed by atoms with van der Waals surface area (Å²) in [5, 5.41) is 11.9. The van der Waals surface area contributed by atoms with E-state index >= 15 is 0 Å². The quantitative estimate of drug-likeness (QED) is 0.807. The van der Waals surface area contributed by atoms with Gasteiger partial charge in [0.2, 0.25) is 0 Å². The van der Waals surface area contributed by atoms with Gasteiger partial charge < -0.3 is 15.2 Å². The summed E-state index contributed by atoms with van der Waals surface area (Å²) in [6, 6.07) is 7.29. The second-order valence-corrected chi connectivity index (χ2v) is 5.13. The number of aliphatic hydroxyl groups excluding tert-OH is 1. The first-order valence-corrected chi connectivity index (χ1v) is 5.95. The molecule has 0 radical (unpaired) electrons. The Kier molecular flexibility index (Phi) is 5.31. The van der Waals surface area contributed by atoms with E-state index in [9.17, 15) is 4.79 Å². The van der Waals surface area contributed by atoms with Gasteiger partial charge in [0, 0.05) is 31.2 Å². The molecule has 1 aromatic carbocycles. The highest BCUT2D eigenvalue weighted by molar-refractivity contribution is 5.94. The molecule has 1 amide bonds. The summed E-state index contributed by atoms with van der Waals surface area (Å²) in [5.74, 6) is -0.125. The maximum Gasteiger partial charge on any atom is 0.251 e. The fraction of sp³-hybridized carbons (Fsp3) is 0.500. The molecule has 1 rings (SSSR count). The number of ether oxygens (including phenoxy) is 1. The molecule has 0 aliphatic carbocycles. The standard InChI is InChI=1S/C14H21NO3/c1-14(2,10-16)9-15-13(17)12-6-4-11(5-7-12)8-18-3/h4-7,16H,8-10H2,1-3H3,(H,15,17). The van der Waals surface area contributed by atoms with E-state index in [0.717, 1.165) is 5.56 Å². The lowest BCUT2D eigenvalue weighted by Gasteiger charge is -2.21. The van der Waals surface area contributed by atoms with Crippen LogP contribution in [0.1, 0.15) is 29.8 Å². The summed E-state index contributed by atoms with van der Waals surface area (Å²) < 4.78 is 5.01. The molecule has 0 spiro atoms. The maximum absolute atomic E-state index is 11.9. The first-order chi connectivity index (χ1) is 8.48. The summed E-state index contributed by atoms with van der Waals surface area (Å²) in [7, 11) is 1.64. The molecule has 0 unspecified atom stereocenters. The topological polar surface area (TPSA) is 58.6 Å². The minimum Gasteiger partial charge on any atom is -0.396 e. The minimum absolute atomic E-state index is 0.0417. The normalized spacial score (nSPS) is 11.3. The predicted octanol–water partition coefficient (Wildman–Crippen LogP) is 1.58. The van der Waals surface area contributed by atoms with E-state index in [0.29, 0.717) is 18.7 Å². The van der Waals surface area contributed by atoms with Gasteiger partial charge in [0.25, 0.3) is 5.91 Å². The summed E-state index contributed by atoms with van der Waals surface area (Å²) >= 11 is 0. The number of amides is 1. The number of rotatable bonds is 6. The number of carbonyl (C=O) groups excluding carboxylic acids is 1. The third-order valence-corrected chi connectivity index (χ3v) is 2.68. The fourth-order valence-corrected chi connectivity index (χ4v) is 1.40. The lowest BCUT2D eigenvalue weighted by atomic mass is 9.95. The second kappa shape index (κ2) is 6.52. The van der Waals surface area contributed by atoms with Crippen LogP contribution < -0.4 is 5.32 Å². The van der Waals surface area contributed by atoms with Crippen LogP contribution in [0, 0.1) is 5.41 Å². The van der Waals surface area contributed by atoms with E-state index < -0.39 is 0 Å². The van der Waals surface area contributed by atoms with Gasteiger partial charge in [0.1, 0.15) is 0 Å². The number of benzene rings is 1. The first-order valence-electron chi connectivity index (χ1n) is 5.95. The molecule has 0 bridgehead atoms. The Bertz CT molecular complexity index is 385. The molecule has 0 aromatic heterocycles. The lowest BCUT2D eigenvalue weighted by molar-refractivity contribution is 0.0911. The largest absolute Gasteiger partial charge is 0.396 e. The van der Waals surface area contributed by atoms with Crippen molar-refractivity contribution in [2.45, 2.75) is 20.5 Å². The summed E-state index contributed by atoms with van der Waals surface area (Å²) in [4.78, 5) is 11.9. The van der Waals surface area contributed by atoms with E-state index in [1.54, 1.807) is 19.2 Å². The van der Waals surface area contributed by atoms with Gasteiger partial charge in [-0.2, -0.15) is 0 Å². The van der Waals surface area contributed by atoms with Crippen LogP contribution in [-0.4, -0.2) is 31.3 Å². The SMILES string of the molecule is COCc1ccc(C(=O)NCC(C)(C)CO)cc1. The van der Waals surface area contributed by atoms with Crippen molar-refractivity contribution in [3.8, 4) is 0 Å². The van der Waals surface area contributed by atoms with Crippen LogP contribution in [0.25, 0.3) is 0 Å². The molecule has 18 heavy (non-hydrogen) atoms. The van der Waals surface area contributed by atoms with E-state index in [2.05, 4.69) is 5.32 Å². The van der Waals surface area contributed by atoms with Crippen molar-refractivity contribution in [3.63, 3.8) is 0 Å². The number of aliphatic hydroxyl groups is 1. The van der Waals surface area contributed by atoms with Crippen LogP contribution in [0.3, 0.4) is 0 Å². The van der Waals surface area contributed by atoms with Crippen LogP contribution >= 0.6 is 0 Å². The van der Waals surface area contributed by atoms with Crippen molar-refractivity contribution in [1.82, 2.24) is 5.32 Å². The third-order valence-electron chi connectivity index (χ3n) is 2.68. The van der Waals surface area contributed by atoms with Gasteiger partial charge in [0.05, 0.1) is 6.61 Å². The molecule has 0 heterocycles. The molecule has 4 heteroatoms. The van der Waals surface area contributed by atoms with E-state index in [4.69, 9.17) is 9.84 Å². The molecule has 0 atom stereocenters. The van der Waals surface area contributed by atoms with Gasteiger partial charge in [-0.3, -0.25) is 4.79 Å². The van der Waals surface area contributed by atoms with Gasteiger partial charge >= 0.3 is 0 Å². The van der Waals surface area contributed by atoms with Crippen LogP contribution in [0.4, 0.5) is 0 Å². The van der Waals surface area contributed by atoms with Crippen LogP contribution in [-0.2, 0) is 11.3 Å². The van der Waals surface area contributed by atoms with Crippen molar-refractivity contribution >= 4 is 5.91 Å². The Morgan fingerprint density at radius 3 is 2.44 bits per heavy atom. The molecule has 0 aliphatic heterocycles. The molecule has 0 saturated carbocycles. The average Bonchev–Trinajstić information content (AvgIpc) is 2.37. The van der Waals surface area contributed by atoms with Gasteiger partial charge in [-0.15, -0.1) is 0 Å². The lowest BCUT2D eigenvalue weighted by Crippen LogP contribution is -2.36. The number of hydrogen-bond acceptors (Lipinski definition) is 3. The van der Waals surface area contributed by atoms with Crippen molar-refractivity contribution in [3.05, 3.63) is 35.4 Å². The fourth-order valence-electron chi connectivity index (χ4n) is 1.40. The molecular formula is C14H21NO3. The van der Waals surface area contributed by atoms with Crippen molar-refractivity contribution in [1.29, 1.82) is 0 Å². The Balaban J connectivity index is 2.56. The van der Waals surface area contributed by atoms with E-state index in [1.165, 1.54) is 0 Å². The second-order valence-electron chi connectivity index (χ2n) is 5.13. The monoisotopic (exact) mass is 251 g/mol. The number of carbonyl (C=O) groups is 1. The van der Waals surface area contributed by atoms with E-state index in [1.807, 2.05) is 26.0 Å². The molecule has 0 saturated heterocycles. The number of methoxy groups -OCH3 is 1. The molecule has 2 N–H and O–H groups in total. The predicted molar refractivity (Wildman–Crippen MR) is 70.4 cm³/mol. The van der Waals surface area contributed by atoms with E-state index in [-0.39, 0.29) is 17.9 Å². The molecule has 4 nitrogen and oxygen atoms in total. The molecular weight excluding hydrogens is 230 g/mol. The zero-order valence-electron chi connectivity index (χ0n) is 11.2. The van der Waals surface area contributed by atoms with Crippen molar-refractivity contribution < 1.29 is 14.6 Å². The highest BCUT2D eigenvalue weighted by Gasteiger charge is 2.17. The number of nitrogens with one attached hydrogen (secondary N) is 1. The zero-order chi connectivity index (χ0) is 13.6. The van der Waals surface area contributed by atoms with Crippen LogP contribution in [0.5, 0.6) is 0 Å². The summed E-state index contributed by atoms with van der Waals surface area (Å²) in [6.45, 7) is 4.82. The van der Waals surface area contributed by atoms with Gasteiger partial charge in [-0.05, 0) is 17.7 Å². The van der Waals surface area contributed by atoms with Gasteiger partial charge in [-0.25, -0.2) is 0 Å². The molecule has 1 aromatic rings. The Morgan fingerprint density at radius 1 is 1.33 bits per heavy atom. The Hall–Kier alpha value is -1.39. The highest BCUT2D eigenvalue weighted by atomic mass is 16.5. The van der Waals surface area contributed by atoms with Crippen molar-refractivity contribution in [2.75, 3.05) is 20.3 Å². The molecule has 100 valence electrons. The zero-order valence-corrected chi connectivity index (χ0v) is 11.2. The van der Waals surface area contributed by atoms with Gasteiger partial charge in [0.15, 0.2) is 0 Å². The van der Waals surface area contributed by atoms with Gasteiger partial charge in [-0.1, -0.05) is 26.0 Å². The highest BCUT2D eigenvalue weighted by Crippen LogP contribution is 2.12. The smallest absolute Gasteiger partial charge is 0.251 e. The summed E-state index contributed by atoms with van der Waals surface area (Å²) in [5.41, 5.74) is 1.35. The first kappa shape index (κ1) is 14.7.